The second-order valence-electron chi connectivity index (χ2n) is 6.33. The number of rotatable bonds is 6. The van der Waals surface area contributed by atoms with Crippen LogP contribution in [0.1, 0.15) is 21.5 Å². The van der Waals surface area contributed by atoms with Gasteiger partial charge in [-0.05, 0) is 30.3 Å². The van der Waals surface area contributed by atoms with Gasteiger partial charge in [0.1, 0.15) is 0 Å². The Balaban J connectivity index is 1.76. The van der Waals surface area contributed by atoms with E-state index in [-0.39, 0.29) is 23.6 Å². The first kappa shape index (κ1) is 21.4. The first-order valence-electron chi connectivity index (χ1n) is 8.85. The average Bonchev–Trinajstić information content (AvgIpc) is 2.72. The molecule has 30 heavy (non-hydrogen) atoms. The number of anilines is 2. The minimum absolute atomic E-state index is 0.247. The van der Waals surface area contributed by atoms with Gasteiger partial charge in [0, 0.05) is 21.8 Å². The van der Waals surface area contributed by atoms with E-state index in [2.05, 4.69) is 10.6 Å². The van der Waals surface area contributed by atoms with Crippen molar-refractivity contribution in [3.05, 3.63) is 94.5 Å². The Morgan fingerprint density at radius 2 is 1.53 bits per heavy atom. The number of carbonyl (C=O) groups excluding carboxylic acids is 2. The van der Waals surface area contributed by atoms with Crippen LogP contribution >= 0.6 is 11.6 Å². The summed E-state index contributed by atoms with van der Waals surface area (Å²) >= 11 is 6.01. The van der Waals surface area contributed by atoms with Gasteiger partial charge in [-0.1, -0.05) is 54.1 Å². The van der Waals surface area contributed by atoms with E-state index in [1.165, 1.54) is 30.3 Å². The molecule has 0 fully saturated rings. The zero-order valence-corrected chi connectivity index (χ0v) is 16.2. The Morgan fingerprint density at radius 1 is 0.867 bits per heavy atom. The molecule has 8 heteroatoms. The fourth-order valence-electron chi connectivity index (χ4n) is 2.81. The number of alkyl halides is 3. The van der Waals surface area contributed by atoms with Gasteiger partial charge >= 0.3 is 6.18 Å². The summed E-state index contributed by atoms with van der Waals surface area (Å²) in [5, 5.41) is 5.38. The number of benzene rings is 3. The summed E-state index contributed by atoms with van der Waals surface area (Å²) in [5.41, 5.74) is -0.255. The summed E-state index contributed by atoms with van der Waals surface area (Å²) in [5.74, 6) is -0.997. The summed E-state index contributed by atoms with van der Waals surface area (Å²) in [7, 11) is 0. The molecule has 0 heterocycles. The molecule has 0 atom stereocenters. The molecule has 0 unspecified atom stereocenters. The third-order valence-electron chi connectivity index (χ3n) is 4.21. The predicted molar refractivity (Wildman–Crippen MR) is 110 cm³/mol. The van der Waals surface area contributed by atoms with Crippen molar-refractivity contribution in [2.45, 2.75) is 6.18 Å². The second-order valence-corrected chi connectivity index (χ2v) is 6.77. The van der Waals surface area contributed by atoms with Crippen molar-refractivity contribution in [1.29, 1.82) is 0 Å². The third-order valence-corrected chi connectivity index (χ3v) is 4.44. The molecule has 0 spiro atoms. The number of para-hydroxylation sites is 1. The van der Waals surface area contributed by atoms with Crippen LogP contribution in [-0.2, 0) is 11.0 Å². The lowest BCUT2D eigenvalue weighted by Crippen LogP contribution is -2.24. The first-order valence-corrected chi connectivity index (χ1v) is 9.23. The Kier molecular flexibility index (Phi) is 6.42. The van der Waals surface area contributed by atoms with Crippen molar-refractivity contribution in [1.82, 2.24) is 0 Å². The molecule has 0 aliphatic heterocycles. The minimum atomic E-state index is -4.59. The van der Waals surface area contributed by atoms with Gasteiger partial charge in [0.05, 0.1) is 17.8 Å². The average molecular weight is 433 g/mol. The molecule has 0 aliphatic rings. The van der Waals surface area contributed by atoms with Crippen LogP contribution in [0.15, 0.2) is 72.8 Å². The van der Waals surface area contributed by atoms with Gasteiger partial charge in [0.2, 0.25) is 5.91 Å². The molecule has 0 aliphatic carbocycles. The number of halogens is 4. The maximum atomic E-state index is 13.1. The van der Waals surface area contributed by atoms with Crippen LogP contribution < -0.4 is 10.6 Å². The molecule has 1 amide bonds. The zero-order chi connectivity index (χ0) is 21.7. The lowest BCUT2D eigenvalue weighted by atomic mass is 10.0. The molecule has 0 saturated carbocycles. The van der Waals surface area contributed by atoms with Crippen molar-refractivity contribution in [3.8, 4) is 0 Å². The highest BCUT2D eigenvalue weighted by atomic mass is 35.5. The Bertz CT molecular complexity index is 1070. The van der Waals surface area contributed by atoms with Crippen LogP contribution in [0.2, 0.25) is 5.02 Å². The summed E-state index contributed by atoms with van der Waals surface area (Å²) < 4.78 is 39.2. The van der Waals surface area contributed by atoms with Crippen molar-refractivity contribution >= 4 is 34.7 Å². The monoisotopic (exact) mass is 432 g/mol. The highest BCUT2D eigenvalue weighted by molar-refractivity contribution is 6.31. The summed E-state index contributed by atoms with van der Waals surface area (Å²) in [4.78, 5) is 25.0. The SMILES string of the molecule is O=C(CNc1ccc(Cl)cc1C(=O)c1ccccc1)Nc1ccccc1C(F)(F)F. The van der Waals surface area contributed by atoms with Crippen LogP contribution in [0.5, 0.6) is 0 Å². The van der Waals surface area contributed by atoms with Crippen molar-refractivity contribution < 1.29 is 22.8 Å². The Labute approximate surface area is 175 Å². The van der Waals surface area contributed by atoms with Crippen LogP contribution in [0.4, 0.5) is 24.5 Å². The van der Waals surface area contributed by atoms with E-state index in [1.54, 1.807) is 36.4 Å². The predicted octanol–water partition coefficient (Wildman–Crippen LogP) is 5.64. The summed E-state index contributed by atoms with van der Waals surface area (Å²) in [6.07, 6.45) is -4.59. The highest BCUT2D eigenvalue weighted by Gasteiger charge is 2.33. The quantitative estimate of drug-likeness (QED) is 0.495. The van der Waals surface area contributed by atoms with Gasteiger partial charge < -0.3 is 10.6 Å². The molecule has 0 radical (unpaired) electrons. The lowest BCUT2D eigenvalue weighted by molar-refractivity contribution is -0.137. The third kappa shape index (κ3) is 5.18. The number of ketones is 1. The summed E-state index contributed by atoms with van der Waals surface area (Å²) in [6, 6.07) is 17.8. The molecule has 0 aromatic heterocycles. The van der Waals surface area contributed by atoms with Crippen molar-refractivity contribution in [2.75, 3.05) is 17.2 Å². The molecule has 3 aromatic carbocycles. The van der Waals surface area contributed by atoms with Gasteiger partial charge in [-0.15, -0.1) is 0 Å². The Morgan fingerprint density at radius 3 is 2.23 bits per heavy atom. The lowest BCUT2D eigenvalue weighted by Gasteiger charge is -2.15. The smallest absolute Gasteiger partial charge is 0.376 e. The second kappa shape index (κ2) is 9.00. The van der Waals surface area contributed by atoms with Gasteiger partial charge in [0.25, 0.3) is 0 Å². The standard InChI is InChI=1S/C22H16ClF3N2O2/c23-15-10-11-18(16(12-15)21(30)14-6-2-1-3-7-14)27-13-20(29)28-19-9-5-4-8-17(19)22(24,25)26/h1-12,27H,13H2,(H,28,29). The van der Waals surface area contributed by atoms with E-state index in [4.69, 9.17) is 11.6 Å². The topological polar surface area (TPSA) is 58.2 Å². The van der Waals surface area contributed by atoms with Crippen LogP contribution in [0, 0.1) is 0 Å². The molecule has 3 rings (SSSR count). The largest absolute Gasteiger partial charge is 0.418 e. The van der Waals surface area contributed by atoms with E-state index in [0.29, 0.717) is 16.3 Å². The van der Waals surface area contributed by atoms with Gasteiger partial charge in [-0.2, -0.15) is 13.2 Å². The highest BCUT2D eigenvalue weighted by Crippen LogP contribution is 2.34. The number of nitrogens with one attached hydrogen (secondary N) is 2. The molecule has 154 valence electrons. The Hall–Kier alpha value is -3.32. The van der Waals surface area contributed by atoms with Crippen molar-refractivity contribution in [3.63, 3.8) is 0 Å². The molecule has 4 nitrogen and oxygen atoms in total. The van der Waals surface area contributed by atoms with Crippen molar-refractivity contribution in [2.24, 2.45) is 0 Å². The van der Waals surface area contributed by atoms with E-state index in [9.17, 15) is 22.8 Å². The van der Waals surface area contributed by atoms with Gasteiger partial charge in [-0.3, -0.25) is 9.59 Å². The van der Waals surface area contributed by atoms with E-state index in [0.717, 1.165) is 6.07 Å². The fourth-order valence-corrected chi connectivity index (χ4v) is 2.98. The van der Waals surface area contributed by atoms with Crippen LogP contribution in [0.3, 0.4) is 0 Å². The number of hydrogen-bond acceptors (Lipinski definition) is 3. The number of carbonyl (C=O) groups is 2. The zero-order valence-electron chi connectivity index (χ0n) is 15.5. The minimum Gasteiger partial charge on any atom is -0.376 e. The van der Waals surface area contributed by atoms with Crippen LogP contribution in [-0.4, -0.2) is 18.2 Å². The van der Waals surface area contributed by atoms with Crippen LogP contribution in [0.25, 0.3) is 0 Å². The molecule has 3 aromatic rings. The molecule has 0 bridgehead atoms. The fraction of sp³-hybridized carbons (Fsp3) is 0.0909. The molecule has 2 N–H and O–H groups in total. The van der Waals surface area contributed by atoms with E-state index >= 15 is 0 Å². The molecule has 0 saturated heterocycles. The molecular formula is C22H16ClF3N2O2. The normalized spacial score (nSPS) is 11.1. The maximum absolute atomic E-state index is 13.1. The number of hydrogen-bond donors (Lipinski definition) is 2. The first-order chi connectivity index (χ1) is 14.3. The van der Waals surface area contributed by atoms with E-state index in [1.807, 2.05) is 0 Å². The van der Waals surface area contributed by atoms with Gasteiger partial charge in [-0.25, -0.2) is 0 Å². The van der Waals surface area contributed by atoms with E-state index < -0.39 is 17.6 Å². The maximum Gasteiger partial charge on any atom is 0.418 e. The number of amides is 1. The molecular weight excluding hydrogens is 417 g/mol. The van der Waals surface area contributed by atoms with Gasteiger partial charge in [0.15, 0.2) is 5.78 Å². The summed E-state index contributed by atoms with van der Waals surface area (Å²) in [6.45, 7) is -0.344.